The highest BCUT2D eigenvalue weighted by atomic mass is 32.1. The van der Waals surface area contributed by atoms with E-state index in [1.54, 1.807) is 16.5 Å². The number of hydrogen-bond acceptors (Lipinski definition) is 4. The van der Waals surface area contributed by atoms with Crippen molar-refractivity contribution in [1.29, 1.82) is 0 Å². The summed E-state index contributed by atoms with van der Waals surface area (Å²) in [5.41, 5.74) is 1.49. The zero-order chi connectivity index (χ0) is 15.0. The van der Waals surface area contributed by atoms with E-state index in [2.05, 4.69) is 0 Å². The molecule has 0 N–H and O–H groups in total. The van der Waals surface area contributed by atoms with Crippen molar-refractivity contribution in [2.24, 2.45) is 7.05 Å². The van der Waals surface area contributed by atoms with Crippen molar-refractivity contribution in [3.8, 4) is 5.75 Å². The second-order valence-electron chi connectivity index (χ2n) is 5.19. The number of nitrogens with zero attached hydrogens (tertiary/aromatic N) is 2. The SMILES string of the molecule is Cc1cc(OC2CN(C(=O)c3ccsc3)C2)cc(=O)n1C. The number of pyridine rings is 1. The van der Waals surface area contributed by atoms with Gasteiger partial charge < -0.3 is 14.2 Å². The van der Waals surface area contributed by atoms with E-state index in [1.165, 1.54) is 17.4 Å². The zero-order valence-electron chi connectivity index (χ0n) is 11.9. The number of amides is 1. The normalized spacial score (nSPS) is 14.9. The molecule has 1 aliphatic heterocycles. The Hall–Kier alpha value is -2.08. The summed E-state index contributed by atoms with van der Waals surface area (Å²) in [5, 5.41) is 3.74. The van der Waals surface area contributed by atoms with Crippen molar-refractivity contribution < 1.29 is 9.53 Å². The van der Waals surface area contributed by atoms with Crippen LogP contribution < -0.4 is 10.3 Å². The highest BCUT2D eigenvalue weighted by Crippen LogP contribution is 2.20. The van der Waals surface area contributed by atoms with Gasteiger partial charge in [-0.05, 0) is 24.4 Å². The van der Waals surface area contributed by atoms with Crippen molar-refractivity contribution in [1.82, 2.24) is 9.47 Å². The van der Waals surface area contributed by atoms with Gasteiger partial charge in [0.05, 0.1) is 18.7 Å². The zero-order valence-corrected chi connectivity index (χ0v) is 12.7. The first kappa shape index (κ1) is 13.9. The van der Waals surface area contributed by atoms with E-state index in [-0.39, 0.29) is 17.6 Å². The molecule has 0 aliphatic carbocycles. The molecule has 0 aromatic carbocycles. The second-order valence-corrected chi connectivity index (χ2v) is 5.97. The van der Waals surface area contributed by atoms with Crippen LogP contribution in [-0.4, -0.2) is 34.6 Å². The molecule has 1 aliphatic rings. The molecule has 2 aromatic rings. The fraction of sp³-hybridized carbons (Fsp3) is 0.333. The molecule has 0 atom stereocenters. The molecule has 0 bridgehead atoms. The Morgan fingerprint density at radius 3 is 2.76 bits per heavy atom. The van der Waals surface area contributed by atoms with Gasteiger partial charge in [-0.1, -0.05) is 0 Å². The number of hydrogen-bond donors (Lipinski definition) is 0. The quantitative estimate of drug-likeness (QED) is 0.866. The van der Waals surface area contributed by atoms with Crippen molar-refractivity contribution >= 4 is 17.2 Å². The van der Waals surface area contributed by atoms with Crippen molar-refractivity contribution in [2.45, 2.75) is 13.0 Å². The summed E-state index contributed by atoms with van der Waals surface area (Å²) in [4.78, 5) is 25.5. The summed E-state index contributed by atoms with van der Waals surface area (Å²) < 4.78 is 7.33. The van der Waals surface area contributed by atoms with E-state index < -0.39 is 0 Å². The van der Waals surface area contributed by atoms with Gasteiger partial charge in [0.2, 0.25) is 0 Å². The number of ether oxygens (including phenoxy) is 1. The lowest BCUT2D eigenvalue weighted by Crippen LogP contribution is -2.56. The van der Waals surface area contributed by atoms with Crippen molar-refractivity contribution in [3.63, 3.8) is 0 Å². The molecule has 1 saturated heterocycles. The Labute approximate surface area is 126 Å². The van der Waals surface area contributed by atoms with Crippen LogP contribution in [0.4, 0.5) is 0 Å². The molecule has 0 saturated carbocycles. The third kappa shape index (κ3) is 2.71. The van der Waals surface area contributed by atoms with Gasteiger partial charge in [0.1, 0.15) is 11.9 Å². The third-order valence-electron chi connectivity index (χ3n) is 3.68. The summed E-state index contributed by atoms with van der Waals surface area (Å²) in [7, 11) is 1.73. The monoisotopic (exact) mass is 304 g/mol. The van der Waals surface area contributed by atoms with Crippen LogP contribution in [0.2, 0.25) is 0 Å². The minimum Gasteiger partial charge on any atom is -0.486 e. The highest BCUT2D eigenvalue weighted by Gasteiger charge is 2.33. The van der Waals surface area contributed by atoms with Gasteiger partial charge in [-0.3, -0.25) is 9.59 Å². The Bertz CT molecular complexity index is 715. The van der Waals surface area contributed by atoms with Gasteiger partial charge in [-0.25, -0.2) is 0 Å². The van der Waals surface area contributed by atoms with Gasteiger partial charge in [0.25, 0.3) is 11.5 Å². The maximum absolute atomic E-state index is 12.1. The fourth-order valence-corrected chi connectivity index (χ4v) is 2.87. The largest absolute Gasteiger partial charge is 0.486 e. The molecular weight excluding hydrogens is 288 g/mol. The molecular formula is C15H16N2O3S. The van der Waals surface area contributed by atoms with Crippen LogP contribution in [0.25, 0.3) is 0 Å². The molecule has 1 fully saturated rings. The molecule has 6 heteroatoms. The number of thiophene rings is 1. The summed E-state index contributed by atoms with van der Waals surface area (Å²) in [6, 6.07) is 5.15. The molecule has 110 valence electrons. The van der Waals surface area contributed by atoms with Gasteiger partial charge in [0.15, 0.2) is 0 Å². The molecule has 1 amide bonds. The van der Waals surface area contributed by atoms with Crippen LogP contribution >= 0.6 is 11.3 Å². The van der Waals surface area contributed by atoms with Gasteiger partial charge >= 0.3 is 0 Å². The van der Waals surface area contributed by atoms with Gasteiger partial charge in [-0.15, -0.1) is 0 Å². The molecule has 0 spiro atoms. The lowest BCUT2D eigenvalue weighted by Gasteiger charge is -2.38. The first-order valence-corrected chi connectivity index (χ1v) is 7.64. The summed E-state index contributed by atoms with van der Waals surface area (Å²) >= 11 is 1.51. The first-order chi connectivity index (χ1) is 10.0. The molecule has 3 rings (SSSR count). The molecule has 2 aromatic heterocycles. The van der Waals surface area contributed by atoms with E-state index in [4.69, 9.17) is 4.74 Å². The van der Waals surface area contributed by atoms with E-state index >= 15 is 0 Å². The second kappa shape index (κ2) is 5.37. The van der Waals surface area contributed by atoms with E-state index in [1.807, 2.05) is 29.8 Å². The minimum absolute atomic E-state index is 0.0382. The lowest BCUT2D eigenvalue weighted by atomic mass is 10.1. The average Bonchev–Trinajstić information content (AvgIpc) is 2.93. The van der Waals surface area contributed by atoms with Crippen LogP contribution in [0, 0.1) is 6.92 Å². The summed E-state index contributed by atoms with van der Waals surface area (Å²) in [6.07, 6.45) is -0.0425. The van der Waals surface area contributed by atoms with Crippen molar-refractivity contribution in [2.75, 3.05) is 13.1 Å². The van der Waals surface area contributed by atoms with E-state index in [0.717, 1.165) is 11.3 Å². The fourth-order valence-electron chi connectivity index (χ4n) is 2.24. The van der Waals surface area contributed by atoms with Crippen LogP contribution in [0.3, 0.4) is 0 Å². The molecule has 0 unspecified atom stereocenters. The number of rotatable bonds is 3. The van der Waals surface area contributed by atoms with Crippen LogP contribution in [0.15, 0.2) is 33.8 Å². The highest BCUT2D eigenvalue weighted by molar-refractivity contribution is 7.08. The number of aryl methyl sites for hydroxylation is 1. The summed E-state index contributed by atoms with van der Waals surface area (Å²) in [6.45, 7) is 2.98. The predicted molar refractivity (Wildman–Crippen MR) is 81.1 cm³/mol. The first-order valence-electron chi connectivity index (χ1n) is 6.70. The van der Waals surface area contributed by atoms with Gasteiger partial charge in [-0.2, -0.15) is 11.3 Å². The topological polar surface area (TPSA) is 51.5 Å². The van der Waals surface area contributed by atoms with Crippen LogP contribution in [0.5, 0.6) is 5.75 Å². The van der Waals surface area contributed by atoms with E-state index in [0.29, 0.717) is 18.8 Å². The van der Waals surface area contributed by atoms with Crippen LogP contribution in [-0.2, 0) is 7.05 Å². The molecule has 5 nitrogen and oxygen atoms in total. The number of carbonyl (C=O) groups is 1. The minimum atomic E-state index is -0.0875. The molecule has 21 heavy (non-hydrogen) atoms. The Balaban J connectivity index is 1.60. The number of aromatic nitrogens is 1. The van der Waals surface area contributed by atoms with Gasteiger partial charge in [0, 0.05) is 24.2 Å². The van der Waals surface area contributed by atoms with E-state index in [9.17, 15) is 9.59 Å². The Morgan fingerprint density at radius 2 is 2.14 bits per heavy atom. The standard InChI is InChI=1S/C15H16N2O3S/c1-10-5-12(6-14(18)16(10)2)20-13-7-17(8-13)15(19)11-3-4-21-9-11/h3-6,9,13H,7-8H2,1-2H3. The number of likely N-dealkylation sites (tertiary alicyclic amines) is 1. The lowest BCUT2D eigenvalue weighted by molar-refractivity contribution is 0.0177. The smallest absolute Gasteiger partial charge is 0.254 e. The number of carbonyl (C=O) groups excluding carboxylic acids is 1. The van der Waals surface area contributed by atoms with Crippen molar-refractivity contribution in [3.05, 3.63) is 50.6 Å². The maximum Gasteiger partial charge on any atom is 0.254 e. The summed E-state index contributed by atoms with van der Waals surface area (Å²) in [5.74, 6) is 0.611. The Morgan fingerprint density at radius 1 is 1.38 bits per heavy atom. The predicted octanol–water partition coefficient (Wildman–Crippen LogP) is 1.66. The molecule has 0 radical (unpaired) electrons. The molecule has 3 heterocycles. The average molecular weight is 304 g/mol. The Kier molecular flexibility index (Phi) is 3.55. The third-order valence-corrected chi connectivity index (χ3v) is 4.37. The van der Waals surface area contributed by atoms with Crippen LogP contribution in [0.1, 0.15) is 16.1 Å². The maximum atomic E-state index is 12.1.